The van der Waals surface area contributed by atoms with Gasteiger partial charge >= 0.3 is 17.9 Å². The first-order chi connectivity index (χ1) is 26.7. The second-order valence-electron chi connectivity index (χ2n) is 20.8. The lowest BCUT2D eigenvalue weighted by Gasteiger charge is -2.70. The average molecular weight is 823 g/mol. The molecule has 0 spiro atoms. The maximum atomic E-state index is 14.9. The largest absolute Gasteiger partial charge is 0.481 e. The molecule has 4 saturated carbocycles. The van der Waals surface area contributed by atoms with E-state index in [2.05, 4.69) is 41.5 Å². The Balaban J connectivity index is 1.15. The normalized spacial score (nSPS) is 52.6. The molecule has 0 amide bonds. The molecular formula is C42H62O16. The molecule has 2 saturated heterocycles. The number of aliphatic hydroxyl groups excluding tert-OH is 5. The number of hydrogen-bond donors (Lipinski definition) is 8. The fourth-order valence-electron chi connectivity index (χ4n) is 13.5. The molecule has 0 aromatic carbocycles. The molecule has 5 aliphatic carbocycles. The molecule has 2 heterocycles. The van der Waals surface area contributed by atoms with Crippen LogP contribution in [-0.4, -0.2) is 132 Å². The lowest BCUT2D eigenvalue weighted by molar-refractivity contribution is -0.357. The number of hydrogen-bond acceptors (Lipinski definition) is 13. The van der Waals surface area contributed by atoms with Crippen molar-refractivity contribution >= 4 is 23.7 Å². The van der Waals surface area contributed by atoms with E-state index in [1.54, 1.807) is 0 Å². The lowest BCUT2D eigenvalue weighted by Crippen LogP contribution is -2.67. The van der Waals surface area contributed by atoms with Crippen molar-refractivity contribution < 1.29 is 79.0 Å². The molecule has 16 heteroatoms. The summed E-state index contributed by atoms with van der Waals surface area (Å²) in [4.78, 5) is 51.6. The highest BCUT2D eigenvalue weighted by atomic mass is 16.7. The maximum Gasteiger partial charge on any atom is 0.335 e. The van der Waals surface area contributed by atoms with Gasteiger partial charge in [-0.05, 0) is 110 Å². The van der Waals surface area contributed by atoms with Gasteiger partial charge in [0.2, 0.25) is 0 Å². The molecule has 8 N–H and O–H groups in total. The minimum absolute atomic E-state index is 0.0238. The summed E-state index contributed by atoms with van der Waals surface area (Å²) in [5, 5.41) is 83.3. The first-order valence-corrected chi connectivity index (χ1v) is 20.7. The molecule has 19 unspecified atom stereocenters. The van der Waals surface area contributed by atoms with Gasteiger partial charge < -0.3 is 59.8 Å². The third kappa shape index (κ3) is 6.41. The van der Waals surface area contributed by atoms with Crippen LogP contribution in [0.3, 0.4) is 0 Å². The Morgan fingerprint density at radius 3 is 1.90 bits per heavy atom. The van der Waals surface area contributed by atoms with Crippen molar-refractivity contribution in [3.05, 3.63) is 11.6 Å². The number of carboxylic acids is 3. The number of carboxylic acid groups (broad SMARTS) is 3. The maximum absolute atomic E-state index is 14.9. The summed E-state index contributed by atoms with van der Waals surface area (Å²) >= 11 is 0. The van der Waals surface area contributed by atoms with E-state index >= 15 is 0 Å². The molecule has 0 aromatic heterocycles. The monoisotopic (exact) mass is 822 g/mol. The van der Waals surface area contributed by atoms with Crippen molar-refractivity contribution in [1.29, 1.82) is 0 Å². The van der Waals surface area contributed by atoms with Crippen molar-refractivity contribution in [3.63, 3.8) is 0 Å². The minimum Gasteiger partial charge on any atom is -0.481 e. The van der Waals surface area contributed by atoms with Crippen LogP contribution >= 0.6 is 0 Å². The lowest BCUT2D eigenvalue weighted by atomic mass is 9.33. The van der Waals surface area contributed by atoms with Gasteiger partial charge in [0.05, 0.1) is 11.5 Å². The number of ketones is 1. The second kappa shape index (κ2) is 14.3. The highest BCUT2D eigenvalue weighted by Gasteiger charge is 2.70. The third-order valence-corrected chi connectivity index (χ3v) is 16.9. The molecular weight excluding hydrogens is 760 g/mol. The van der Waals surface area contributed by atoms with Crippen molar-refractivity contribution in [3.8, 4) is 0 Å². The van der Waals surface area contributed by atoms with E-state index in [1.807, 2.05) is 13.0 Å². The predicted octanol–water partition coefficient (Wildman–Crippen LogP) is 2.25. The first-order valence-electron chi connectivity index (χ1n) is 20.7. The number of carbonyl (C=O) groups excluding carboxylic acids is 1. The van der Waals surface area contributed by atoms with Gasteiger partial charge in [0.25, 0.3) is 0 Å². The molecule has 0 radical (unpaired) electrons. The number of carbonyl (C=O) groups is 4. The van der Waals surface area contributed by atoms with E-state index in [1.165, 1.54) is 0 Å². The Kier molecular flexibility index (Phi) is 10.7. The van der Waals surface area contributed by atoms with Crippen LogP contribution in [0.5, 0.6) is 0 Å². The summed E-state index contributed by atoms with van der Waals surface area (Å²) in [6.07, 6.45) is -12.5. The summed E-state index contributed by atoms with van der Waals surface area (Å²) in [7, 11) is 0. The predicted molar refractivity (Wildman–Crippen MR) is 199 cm³/mol. The third-order valence-electron chi connectivity index (χ3n) is 16.9. The zero-order chi connectivity index (χ0) is 42.9. The number of aliphatic carboxylic acids is 3. The molecule has 0 bridgehead atoms. The Labute approximate surface area is 337 Å². The number of aliphatic hydroxyl groups is 5. The van der Waals surface area contributed by atoms with Crippen molar-refractivity contribution in [2.75, 3.05) is 0 Å². The highest BCUT2D eigenvalue weighted by molar-refractivity contribution is 5.95. The molecule has 19 atom stereocenters. The second-order valence-corrected chi connectivity index (χ2v) is 20.8. The van der Waals surface area contributed by atoms with Crippen LogP contribution in [-0.2, 0) is 38.1 Å². The molecule has 7 rings (SSSR count). The molecule has 16 nitrogen and oxygen atoms in total. The van der Waals surface area contributed by atoms with Crippen LogP contribution in [0.2, 0.25) is 0 Å². The van der Waals surface area contributed by atoms with Gasteiger partial charge in [-0.2, -0.15) is 0 Å². The van der Waals surface area contributed by atoms with Crippen molar-refractivity contribution in [2.45, 2.75) is 174 Å². The molecule has 6 fully saturated rings. The van der Waals surface area contributed by atoms with Crippen LogP contribution in [0, 0.1) is 50.2 Å². The Morgan fingerprint density at radius 2 is 1.28 bits per heavy atom. The standard InChI is InChI=1S/C42H62O16/c1-37(2)15-18(55-34-27(48)25(46)28(30(58-34)33(51)52)56-35-26(47)23(44)24(45)29(57-35)32(49)50)16-40(5)22(37)8-9-42(7)31(40)21(43)14-19-20-17-39(4,36(53)54)11-10-38(20,3)12-13-41(19,42)6/h14,18,20,22-31,34-35,44-48H,8-13,15-17H2,1-7H3,(H,49,50)(H,51,52)(H,53,54). The molecule has 58 heavy (non-hydrogen) atoms. The summed E-state index contributed by atoms with van der Waals surface area (Å²) in [5.41, 5.74) is -1.75. The van der Waals surface area contributed by atoms with E-state index in [4.69, 9.17) is 18.9 Å². The smallest absolute Gasteiger partial charge is 0.335 e. The van der Waals surface area contributed by atoms with E-state index in [0.29, 0.717) is 25.7 Å². The van der Waals surface area contributed by atoms with Crippen LogP contribution < -0.4 is 0 Å². The van der Waals surface area contributed by atoms with Crippen LogP contribution in [0.1, 0.15) is 106 Å². The van der Waals surface area contributed by atoms with Crippen molar-refractivity contribution in [1.82, 2.24) is 0 Å². The van der Waals surface area contributed by atoms with Crippen molar-refractivity contribution in [2.24, 2.45) is 50.2 Å². The van der Waals surface area contributed by atoms with E-state index in [0.717, 1.165) is 37.7 Å². The first kappa shape index (κ1) is 43.5. The number of fused-ring (bicyclic) bond motifs is 7. The topological polar surface area (TPSA) is 267 Å². The Bertz CT molecular complexity index is 1730. The summed E-state index contributed by atoms with van der Waals surface area (Å²) in [6, 6.07) is 0. The zero-order valence-corrected chi connectivity index (χ0v) is 34.4. The highest BCUT2D eigenvalue weighted by Crippen LogP contribution is 2.75. The average Bonchev–Trinajstić information content (AvgIpc) is 3.11. The van der Waals surface area contributed by atoms with Gasteiger partial charge in [-0.3, -0.25) is 9.59 Å². The van der Waals surface area contributed by atoms with Gasteiger partial charge in [0, 0.05) is 5.92 Å². The minimum atomic E-state index is -2.06. The SMILES string of the molecule is CC1(C(=O)O)CCC2(C)CCC3(C)C(=CC(=O)C4C5(C)CC(OC6OC(C(=O)O)C(OC7OC(C(=O)O)C(O)C(O)C7O)C(O)C6O)CC(C)(C)C5CCC43C)C2C1. The molecule has 0 aromatic rings. The van der Waals surface area contributed by atoms with Gasteiger partial charge in [-0.1, -0.05) is 47.1 Å². The molecule has 2 aliphatic heterocycles. The molecule has 326 valence electrons. The summed E-state index contributed by atoms with van der Waals surface area (Å²) in [6.45, 7) is 15.0. The van der Waals surface area contributed by atoms with Crippen LogP contribution in [0.4, 0.5) is 0 Å². The fourth-order valence-corrected chi connectivity index (χ4v) is 13.5. The molecule has 7 aliphatic rings. The fraction of sp³-hybridized carbons (Fsp3) is 0.857. The quantitative estimate of drug-likeness (QED) is 0.171. The number of allylic oxidation sites excluding steroid dienone is 2. The summed E-state index contributed by atoms with van der Waals surface area (Å²) < 4.78 is 22.8. The van der Waals surface area contributed by atoms with Crippen LogP contribution in [0.15, 0.2) is 11.6 Å². The van der Waals surface area contributed by atoms with E-state index in [-0.39, 0.29) is 28.4 Å². The van der Waals surface area contributed by atoms with Crippen LogP contribution in [0.25, 0.3) is 0 Å². The Hall–Kier alpha value is -2.54. The van der Waals surface area contributed by atoms with Gasteiger partial charge in [-0.25, -0.2) is 9.59 Å². The summed E-state index contributed by atoms with van der Waals surface area (Å²) in [5.74, 6) is -4.49. The van der Waals surface area contributed by atoms with Gasteiger partial charge in [-0.15, -0.1) is 0 Å². The van der Waals surface area contributed by atoms with E-state index < -0.39 is 113 Å². The number of rotatable bonds is 7. The zero-order valence-electron chi connectivity index (χ0n) is 34.4. The van der Waals surface area contributed by atoms with E-state index in [9.17, 15) is 60.0 Å². The van der Waals surface area contributed by atoms with Gasteiger partial charge in [0.1, 0.15) is 36.6 Å². The number of ether oxygens (including phenoxy) is 4. The Morgan fingerprint density at radius 1 is 0.690 bits per heavy atom. The van der Waals surface area contributed by atoms with Gasteiger partial charge in [0.15, 0.2) is 30.6 Å².